The molecule has 1 aromatic carbocycles. The van der Waals surface area contributed by atoms with Gasteiger partial charge in [-0.3, -0.25) is 4.79 Å². The van der Waals surface area contributed by atoms with Crippen LogP contribution in [0.25, 0.3) is 11.2 Å². The molecule has 0 saturated heterocycles. The maximum Gasteiger partial charge on any atom is 0.257 e. The van der Waals surface area contributed by atoms with E-state index in [9.17, 15) is 13.6 Å². The predicted octanol–water partition coefficient (Wildman–Crippen LogP) is 5.66. The maximum atomic E-state index is 14.4. The highest BCUT2D eigenvalue weighted by Crippen LogP contribution is 2.33. The molecule has 0 radical (unpaired) electrons. The van der Waals surface area contributed by atoms with E-state index in [-0.39, 0.29) is 12.1 Å². The van der Waals surface area contributed by atoms with E-state index >= 15 is 0 Å². The Morgan fingerprint density at radius 3 is 2.74 bits per heavy atom. The smallest absolute Gasteiger partial charge is 0.257 e. The molecule has 7 heteroatoms. The minimum Gasteiger partial charge on any atom is -0.331 e. The van der Waals surface area contributed by atoms with Gasteiger partial charge >= 0.3 is 0 Å². The monoisotopic (exact) mass is 426 g/mol. The van der Waals surface area contributed by atoms with Crippen molar-refractivity contribution in [1.29, 1.82) is 0 Å². The maximum absolute atomic E-state index is 14.4. The van der Waals surface area contributed by atoms with Crippen LogP contribution >= 0.6 is 0 Å². The molecule has 3 aromatic rings. The van der Waals surface area contributed by atoms with Gasteiger partial charge in [-0.25, -0.2) is 18.7 Å². The van der Waals surface area contributed by atoms with Gasteiger partial charge in [-0.05, 0) is 43.5 Å². The summed E-state index contributed by atoms with van der Waals surface area (Å²) in [5.41, 5.74) is 1.38. The van der Waals surface area contributed by atoms with Gasteiger partial charge in [-0.15, -0.1) is 0 Å². The third-order valence-corrected chi connectivity index (χ3v) is 6.04. The van der Waals surface area contributed by atoms with Crippen LogP contribution in [0.1, 0.15) is 74.1 Å². The number of carbonyl (C=O) groups is 1. The Morgan fingerprint density at radius 2 is 1.97 bits per heavy atom. The van der Waals surface area contributed by atoms with Crippen molar-refractivity contribution >= 4 is 17.1 Å². The van der Waals surface area contributed by atoms with Gasteiger partial charge < -0.3 is 9.47 Å². The second kappa shape index (κ2) is 9.54. The van der Waals surface area contributed by atoms with Crippen molar-refractivity contribution in [2.24, 2.45) is 0 Å². The topological polar surface area (TPSA) is 51.0 Å². The Bertz CT molecular complexity index is 1060. The summed E-state index contributed by atoms with van der Waals surface area (Å²) in [6.45, 7) is 2.79. The molecule has 0 unspecified atom stereocenters. The molecule has 1 amide bonds. The largest absolute Gasteiger partial charge is 0.331 e. The van der Waals surface area contributed by atoms with Crippen molar-refractivity contribution in [3.8, 4) is 0 Å². The number of nitrogens with zero attached hydrogens (tertiary/aromatic N) is 4. The van der Waals surface area contributed by atoms with E-state index in [1.165, 1.54) is 12.1 Å². The first kappa shape index (κ1) is 21.4. The van der Waals surface area contributed by atoms with Gasteiger partial charge in [0, 0.05) is 18.8 Å². The first-order valence-corrected chi connectivity index (χ1v) is 11.1. The third-order valence-electron chi connectivity index (χ3n) is 6.04. The van der Waals surface area contributed by atoms with Crippen LogP contribution in [0.3, 0.4) is 0 Å². The van der Waals surface area contributed by atoms with Crippen molar-refractivity contribution in [2.45, 2.75) is 64.5 Å². The van der Waals surface area contributed by atoms with Gasteiger partial charge in [0.2, 0.25) is 0 Å². The summed E-state index contributed by atoms with van der Waals surface area (Å²) in [5.74, 6) is -1.87. The molecule has 0 N–H and O–H groups in total. The van der Waals surface area contributed by atoms with Crippen LogP contribution in [0.5, 0.6) is 0 Å². The molecule has 4 rings (SSSR count). The molecule has 1 aliphatic carbocycles. The lowest BCUT2D eigenvalue weighted by Crippen LogP contribution is -2.33. The SMILES string of the molecule is CCCCCN(Cc1nc2cccnc2n1C1CCCC1)C(=O)c1cccc(F)c1F. The van der Waals surface area contributed by atoms with Crippen molar-refractivity contribution in [3.05, 3.63) is 59.6 Å². The van der Waals surface area contributed by atoms with Gasteiger partial charge in [0.1, 0.15) is 11.3 Å². The summed E-state index contributed by atoms with van der Waals surface area (Å²) in [5, 5.41) is 0. The van der Waals surface area contributed by atoms with E-state index in [4.69, 9.17) is 4.98 Å². The van der Waals surface area contributed by atoms with Crippen LogP contribution < -0.4 is 0 Å². The van der Waals surface area contributed by atoms with Crippen molar-refractivity contribution in [1.82, 2.24) is 19.4 Å². The quantitative estimate of drug-likeness (QED) is 0.437. The molecule has 31 heavy (non-hydrogen) atoms. The van der Waals surface area contributed by atoms with E-state index in [1.807, 2.05) is 12.1 Å². The Labute approximate surface area is 181 Å². The summed E-state index contributed by atoms with van der Waals surface area (Å²) < 4.78 is 30.3. The molecular formula is C24H28F2N4O. The molecule has 5 nitrogen and oxygen atoms in total. The molecule has 1 fully saturated rings. The number of rotatable bonds is 8. The van der Waals surface area contributed by atoms with E-state index in [2.05, 4.69) is 16.5 Å². The van der Waals surface area contributed by atoms with E-state index in [0.717, 1.165) is 68.0 Å². The van der Waals surface area contributed by atoms with Gasteiger partial charge in [-0.2, -0.15) is 0 Å². The van der Waals surface area contributed by atoms with Crippen LogP contribution in [0, 0.1) is 11.6 Å². The Hall–Kier alpha value is -2.83. The summed E-state index contributed by atoms with van der Waals surface area (Å²) in [6, 6.07) is 7.81. The Morgan fingerprint density at radius 1 is 1.16 bits per heavy atom. The number of unbranched alkanes of at least 4 members (excludes halogenated alkanes) is 2. The minimum absolute atomic E-state index is 0.238. The second-order valence-electron chi connectivity index (χ2n) is 8.22. The number of hydrogen-bond acceptors (Lipinski definition) is 3. The van der Waals surface area contributed by atoms with Crippen LogP contribution in [-0.4, -0.2) is 31.9 Å². The first-order chi connectivity index (χ1) is 15.1. The molecular weight excluding hydrogens is 398 g/mol. The Kier molecular flexibility index (Phi) is 6.59. The normalized spacial score (nSPS) is 14.4. The lowest BCUT2D eigenvalue weighted by molar-refractivity contribution is 0.0727. The van der Waals surface area contributed by atoms with Crippen LogP contribution in [0.15, 0.2) is 36.5 Å². The number of fused-ring (bicyclic) bond motifs is 1. The zero-order valence-electron chi connectivity index (χ0n) is 17.9. The highest BCUT2D eigenvalue weighted by Gasteiger charge is 2.27. The molecule has 2 aromatic heterocycles. The van der Waals surface area contributed by atoms with Crippen molar-refractivity contribution in [2.75, 3.05) is 6.54 Å². The molecule has 1 saturated carbocycles. The van der Waals surface area contributed by atoms with Gasteiger partial charge in [0.05, 0.1) is 12.1 Å². The average Bonchev–Trinajstić information content (AvgIpc) is 3.42. The highest BCUT2D eigenvalue weighted by atomic mass is 19.2. The number of hydrogen-bond donors (Lipinski definition) is 0. The lowest BCUT2D eigenvalue weighted by atomic mass is 10.1. The molecule has 0 spiro atoms. The molecule has 0 atom stereocenters. The zero-order valence-corrected chi connectivity index (χ0v) is 17.9. The van der Waals surface area contributed by atoms with E-state index in [1.54, 1.807) is 11.1 Å². The average molecular weight is 427 g/mol. The number of halogens is 2. The number of aromatic nitrogens is 3. The summed E-state index contributed by atoms with van der Waals surface area (Å²) in [7, 11) is 0. The molecule has 2 heterocycles. The number of pyridine rings is 1. The summed E-state index contributed by atoms with van der Waals surface area (Å²) in [4.78, 5) is 24.2. The van der Waals surface area contributed by atoms with Crippen LogP contribution in [0.2, 0.25) is 0 Å². The van der Waals surface area contributed by atoms with Crippen molar-refractivity contribution < 1.29 is 13.6 Å². The fourth-order valence-corrected chi connectivity index (χ4v) is 4.45. The minimum atomic E-state index is -1.10. The van der Waals surface area contributed by atoms with Crippen molar-refractivity contribution in [3.63, 3.8) is 0 Å². The van der Waals surface area contributed by atoms with Gasteiger partial charge in [0.15, 0.2) is 17.3 Å². The van der Waals surface area contributed by atoms with Crippen LogP contribution in [-0.2, 0) is 6.54 Å². The first-order valence-electron chi connectivity index (χ1n) is 11.1. The number of imidazole rings is 1. The molecule has 164 valence electrons. The molecule has 1 aliphatic rings. The summed E-state index contributed by atoms with van der Waals surface area (Å²) >= 11 is 0. The Balaban J connectivity index is 1.70. The van der Waals surface area contributed by atoms with Gasteiger partial charge in [0.25, 0.3) is 5.91 Å². The number of carbonyl (C=O) groups excluding carboxylic acids is 1. The molecule has 0 aliphatic heterocycles. The fraction of sp³-hybridized carbons (Fsp3) is 0.458. The highest BCUT2D eigenvalue weighted by molar-refractivity contribution is 5.94. The van der Waals surface area contributed by atoms with Crippen LogP contribution in [0.4, 0.5) is 8.78 Å². The van der Waals surface area contributed by atoms with E-state index < -0.39 is 17.5 Å². The number of benzene rings is 1. The number of amides is 1. The zero-order chi connectivity index (χ0) is 21.8. The fourth-order valence-electron chi connectivity index (χ4n) is 4.45. The third kappa shape index (κ3) is 4.45. The molecule has 0 bridgehead atoms. The second-order valence-corrected chi connectivity index (χ2v) is 8.22. The predicted molar refractivity (Wildman–Crippen MR) is 116 cm³/mol. The van der Waals surface area contributed by atoms with Gasteiger partial charge in [-0.1, -0.05) is 38.7 Å². The standard InChI is InChI=1S/C24H28F2N4O/c1-2-3-6-15-29(24(31)18-11-7-12-19(25)22(18)26)16-21-28-20-13-8-14-27-23(20)30(21)17-9-4-5-10-17/h7-8,11-14,17H,2-6,9-10,15-16H2,1H3. The lowest BCUT2D eigenvalue weighted by Gasteiger charge is -2.24. The van der Waals surface area contributed by atoms with E-state index in [0.29, 0.717) is 12.6 Å². The summed E-state index contributed by atoms with van der Waals surface area (Å²) in [6.07, 6.45) is 8.92.